The number of rotatable bonds is 4. The number of aryl methyl sites for hydroxylation is 1. The lowest BCUT2D eigenvalue weighted by atomic mass is 10.1. The fraction of sp³-hybridized carbons (Fsp3) is 0.429. The average Bonchev–Trinajstić information content (AvgIpc) is 2.93. The van der Waals surface area contributed by atoms with Crippen LogP contribution in [0.25, 0.3) is 0 Å². The molecule has 116 valence electrons. The molecule has 1 saturated heterocycles. The Labute approximate surface area is 135 Å². The molecular formula is C14H19Cl2N3O2. The molecule has 3 N–H and O–H groups in total. The van der Waals surface area contributed by atoms with E-state index in [1.807, 2.05) is 13.0 Å². The topological polar surface area (TPSA) is 70.2 Å². The lowest BCUT2D eigenvalue weighted by molar-refractivity contribution is -0.126. The summed E-state index contributed by atoms with van der Waals surface area (Å²) < 4.78 is 0. The van der Waals surface area contributed by atoms with Gasteiger partial charge in [0.25, 0.3) is 0 Å². The third kappa shape index (κ3) is 5.19. The van der Waals surface area contributed by atoms with Gasteiger partial charge in [-0.1, -0.05) is 17.7 Å². The Hall–Kier alpha value is -1.30. The van der Waals surface area contributed by atoms with Gasteiger partial charge in [-0.2, -0.15) is 0 Å². The highest BCUT2D eigenvalue weighted by Gasteiger charge is 2.22. The van der Waals surface area contributed by atoms with Crippen LogP contribution in [-0.4, -0.2) is 31.4 Å². The molecule has 7 heteroatoms. The van der Waals surface area contributed by atoms with Gasteiger partial charge in [-0.05, 0) is 37.6 Å². The van der Waals surface area contributed by atoms with Crippen LogP contribution in [0.15, 0.2) is 18.2 Å². The molecule has 0 aliphatic carbocycles. The molecular weight excluding hydrogens is 313 g/mol. The van der Waals surface area contributed by atoms with Crippen LogP contribution in [0.5, 0.6) is 0 Å². The second-order valence-electron chi connectivity index (χ2n) is 4.94. The first kappa shape index (κ1) is 17.8. The maximum absolute atomic E-state index is 11.8. The summed E-state index contributed by atoms with van der Waals surface area (Å²) in [7, 11) is 0. The van der Waals surface area contributed by atoms with Crippen LogP contribution >= 0.6 is 24.0 Å². The van der Waals surface area contributed by atoms with Gasteiger partial charge < -0.3 is 16.0 Å². The van der Waals surface area contributed by atoms with E-state index in [2.05, 4.69) is 16.0 Å². The van der Waals surface area contributed by atoms with Crippen LogP contribution in [-0.2, 0) is 9.59 Å². The minimum absolute atomic E-state index is 0. The van der Waals surface area contributed by atoms with Crippen molar-refractivity contribution in [2.45, 2.75) is 13.3 Å². The summed E-state index contributed by atoms with van der Waals surface area (Å²) in [5.41, 5.74) is 1.58. The Kier molecular flexibility index (Phi) is 6.95. The van der Waals surface area contributed by atoms with Crippen molar-refractivity contribution in [3.63, 3.8) is 0 Å². The quantitative estimate of drug-likeness (QED) is 0.787. The van der Waals surface area contributed by atoms with Gasteiger partial charge in [0, 0.05) is 6.54 Å². The number of anilines is 1. The number of benzene rings is 1. The largest absolute Gasteiger partial charge is 0.347 e. The molecule has 1 unspecified atom stereocenters. The molecule has 0 bridgehead atoms. The Morgan fingerprint density at radius 2 is 2.19 bits per heavy atom. The highest BCUT2D eigenvalue weighted by atomic mass is 35.5. The van der Waals surface area contributed by atoms with Gasteiger partial charge in [0.05, 0.1) is 23.2 Å². The molecule has 1 aliphatic rings. The first-order chi connectivity index (χ1) is 9.56. The fourth-order valence-electron chi connectivity index (χ4n) is 2.11. The lowest BCUT2D eigenvalue weighted by Crippen LogP contribution is -2.37. The lowest BCUT2D eigenvalue weighted by Gasteiger charge is -2.11. The number of carbonyl (C=O) groups is 2. The van der Waals surface area contributed by atoms with E-state index in [1.54, 1.807) is 12.1 Å². The fourth-order valence-corrected chi connectivity index (χ4v) is 2.39. The van der Waals surface area contributed by atoms with E-state index >= 15 is 0 Å². The average molecular weight is 332 g/mol. The third-order valence-corrected chi connectivity index (χ3v) is 3.57. The molecule has 21 heavy (non-hydrogen) atoms. The van der Waals surface area contributed by atoms with Crippen LogP contribution < -0.4 is 16.0 Å². The Balaban J connectivity index is 0.00000220. The van der Waals surface area contributed by atoms with Crippen LogP contribution in [0, 0.1) is 12.8 Å². The first-order valence-electron chi connectivity index (χ1n) is 6.60. The van der Waals surface area contributed by atoms with E-state index < -0.39 is 0 Å². The minimum Gasteiger partial charge on any atom is -0.347 e. The van der Waals surface area contributed by atoms with Crippen molar-refractivity contribution >= 4 is 41.5 Å². The molecule has 1 heterocycles. The summed E-state index contributed by atoms with van der Waals surface area (Å²) in [5, 5.41) is 8.93. The number of halogens is 2. The van der Waals surface area contributed by atoms with Gasteiger partial charge in [-0.25, -0.2) is 0 Å². The molecule has 2 rings (SSSR count). The van der Waals surface area contributed by atoms with Crippen molar-refractivity contribution in [2.24, 2.45) is 5.92 Å². The van der Waals surface area contributed by atoms with Crippen molar-refractivity contribution in [1.29, 1.82) is 0 Å². The Morgan fingerprint density at radius 1 is 1.43 bits per heavy atom. The molecule has 0 spiro atoms. The monoisotopic (exact) mass is 331 g/mol. The molecule has 1 atom stereocenters. The number of amides is 2. The summed E-state index contributed by atoms with van der Waals surface area (Å²) >= 11 is 6.03. The van der Waals surface area contributed by atoms with Crippen LogP contribution in [0.1, 0.15) is 12.0 Å². The van der Waals surface area contributed by atoms with Crippen LogP contribution in [0.2, 0.25) is 5.02 Å². The summed E-state index contributed by atoms with van der Waals surface area (Å²) in [6.45, 7) is 3.41. The summed E-state index contributed by atoms with van der Waals surface area (Å²) in [6, 6.07) is 5.39. The molecule has 5 nitrogen and oxygen atoms in total. The predicted molar refractivity (Wildman–Crippen MR) is 86.1 cm³/mol. The van der Waals surface area contributed by atoms with Crippen molar-refractivity contribution in [3.05, 3.63) is 28.8 Å². The number of nitrogens with one attached hydrogen (secondary N) is 3. The maximum atomic E-state index is 11.8. The normalized spacial score (nSPS) is 17.0. The van der Waals surface area contributed by atoms with E-state index in [-0.39, 0.29) is 36.7 Å². The molecule has 0 saturated carbocycles. The van der Waals surface area contributed by atoms with E-state index in [1.165, 1.54) is 0 Å². The van der Waals surface area contributed by atoms with Gasteiger partial charge in [0.15, 0.2) is 0 Å². The SMILES string of the molecule is Cc1ccc(NC(=O)CNC(=O)C2CCNC2)c(Cl)c1.Cl. The molecule has 0 aromatic heterocycles. The second-order valence-corrected chi connectivity index (χ2v) is 5.35. The number of hydrogen-bond donors (Lipinski definition) is 3. The van der Waals surface area contributed by atoms with Crippen molar-refractivity contribution in [3.8, 4) is 0 Å². The predicted octanol–water partition coefficient (Wildman–Crippen LogP) is 1.73. The zero-order valence-electron chi connectivity index (χ0n) is 11.7. The van der Waals surface area contributed by atoms with Gasteiger partial charge >= 0.3 is 0 Å². The highest BCUT2D eigenvalue weighted by Crippen LogP contribution is 2.22. The summed E-state index contributed by atoms with van der Waals surface area (Å²) in [5.74, 6) is -0.402. The smallest absolute Gasteiger partial charge is 0.243 e. The second kappa shape index (κ2) is 8.22. The molecule has 1 aliphatic heterocycles. The minimum atomic E-state index is -0.282. The van der Waals surface area contributed by atoms with Gasteiger partial charge in [-0.3, -0.25) is 9.59 Å². The van der Waals surface area contributed by atoms with E-state index in [0.29, 0.717) is 17.3 Å². The van der Waals surface area contributed by atoms with Crippen LogP contribution in [0.3, 0.4) is 0 Å². The Bertz CT molecular complexity index is 517. The standard InChI is InChI=1S/C14H18ClN3O2.ClH/c1-9-2-3-12(11(15)6-9)18-13(19)8-17-14(20)10-4-5-16-7-10;/h2-3,6,10,16H,4-5,7-8H2,1H3,(H,17,20)(H,18,19);1H. The zero-order valence-corrected chi connectivity index (χ0v) is 13.3. The zero-order chi connectivity index (χ0) is 14.5. The van der Waals surface area contributed by atoms with Crippen molar-refractivity contribution in [1.82, 2.24) is 10.6 Å². The van der Waals surface area contributed by atoms with E-state index in [0.717, 1.165) is 18.5 Å². The Morgan fingerprint density at radius 3 is 2.81 bits per heavy atom. The van der Waals surface area contributed by atoms with Crippen LogP contribution in [0.4, 0.5) is 5.69 Å². The summed E-state index contributed by atoms with van der Waals surface area (Å²) in [6.07, 6.45) is 0.817. The van der Waals surface area contributed by atoms with Crippen molar-refractivity contribution in [2.75, 3.05) is 25.0 Å². The molecule has 2 amide bonds. The van der Waals surface area contributed by atoms with E-state index in [4.69, 9.17) is 11.6 Å². The van der Waals surface area contributed by atoms with E-state index in [9.17, 15) is 9.59 Å². The third-order valence-electron chi connectivity index (χ3n) is 3.25. The molecule has 1 aromatic rings. The van der Waals surface area contributed by atoms with Crippen molar-refractivity contribution < 1.29 is 9.59 Å². The van der Waals surface area contributed by atoms with Gasteiger partial charge in [0.2, 0.25) is 11.8 Å². The maximum Gasteiger partial charge on any atom is 0.243 e. The number of carbonyl (C=O) groups excluding carboxylic acids is 2. The van der Waals surface area contributed by atoms with Gasteiger partial charge in [0.1, 0.15) is 0 Å². The molecule has 1 aromatic carbocycles. The first-order valence-corrected chi connectivity index (χ1v) is 6.98. The molecule has 0 radical (unpaired) electrons. The molecule has 1 fully saturated rings. The van der Waals surface area contributed by atoms with Gasteiger partial charge in [-0.15, -0.1) is 12.4 Å². The summed E-state index contributed by atoms with van der Waals surface area (Å²) in [4.78, 5) is 23.5. The highest BCUT2D eigenvalue weighted by molar-refractivity contribution is 6.33. The number of hydrogen-bond acceptors (Lipinski definition) is 3.